The van der Waals surface area contributed by atoms with Gasteiger partial charge in [0.2, 0.25) is 11.8 Å². The maximum Gasteiger partial charge on any atom is 0.312 e. The first kappa shape index (κ1) is 32.6. The number of amides is 2. The second kappa shape index (κ2) is 13.0. The number of aliphatic hydroxyl groups excluding tert-OH is 1. The second-order valence-electron chi connectivity index (χ2n) is 13.1. The van der Waals surface area contributed by atoms with E-state index >= 15 is 4.79 Å². The lowest BCUT2D eigenvalue weighted by Gasteiger charge is -2.39. The van der Waals surface area contributed by atoms with E-state index in [1.165, 1.54) is 4.90 Å². The lowest BCUT2D eigenvalue weighted by molar-refractivity contribution is -0.164. The molecule has 248 valence electrons. The Kier molecular flexibility index (Phi) is 9.04. The standard InChI is InChI=1S/C36H43N5O6/c1-5-7-8-14-20-46-34(45)30-29-32(43)41(28(22-42)25-15-10-9-11-16-25)31(36(29)21-24(3)35(30,4)47-36)33(44)39(19-6-2)23-40-27-18-13-12-17-26(27)37-38-40/h5-6,9-13,15-18,24,28-31,42H,1-2,7-8,14,19-23H2,3-4H3/t24?,28-,29+,30-,31?,35+,36?/m1/s1. The lowest BCUT2D eigenvalue weighted by atomic mass is 9.62. The number of para-hydroxylation sites is 1. The third-order valence-electron chi connectivity index (χ3n) is 10.4. The topological polar surface area (TPSA) is 127 Å². The molecule has 11 nitrogen and oxygen atoms in total. The minimum Gasteiger partial charge on any atom is -0.465 e. The zero-order valence-electron chi connectivity index (χ0n) is 27.0. The van der Waals surface area contributed by atoms with Gasteiger partial charge in [-0.25, -0.2) is 4.68 Å². The van der Waals surface area contributed by atoms with Gasteiger partial charge in [0.25, 0.3) is 0 Å². The normalized spacial score (nSPS) is 28.3. The Morgan fingerprint density at radius 2 is 1.89 bits per heavy atom. The summed E-state index contributed by atoms with van der Waals surface area (Å²) in [6, 6.07) is 14.6. The van der Waals surface area contributed by atoms with Crippen LogP contribution in [0, 0.1) is 17.8 Å². The molecule has 2 bridgehead atoms. The zero-order chi connectivity index (χ0) is 33.3. The minimum atomic E-state index is -1.32. The number of rotatable bonds is 14. The quantitative estimate of drug-likeness (QED) is 0.159. The summed E-state index contributed by atoms with van der Waals surface area (Å²) in [4.78, 5) is 46.8. The fraction of sp³-hybridized carbons (Fsp3) is 0.472. The minimum absolute atomic E-state index is 0.0444. The van der Waals surface area contributed by atoms with Crippen LogP contribution in [0.25, 0.3) is 11.0 Å². The third kappa shape index (κ3) is 5.35. The van der Waals surface area contributed by atoms with Gasteiger partial charge in [-0.3, -0.25) is 14.4 Å². The van der Waals surface area contributed by atoms with Crippen molar-refractivity contribution in [3.8, 4) is 0 Å². The van der Waals surface area contributed by atoms with Crippen LogP contribution in [0.15, 0.2) is 79.9 Å². The van der Waals surface area contributed by atoms with Gasteiger partial charge in [0.05, 0.1) is 36.3 Å². The number of nitrogens with zero attached hydrogens (tertiary/aromatic N) is 5. The van der Waals surface area contributed by atoms with Gasteiger partial charge in [-0.15, -0.1) is 18.3 Å². The number of likely N-dealkylation sites (tertiary alicyclic amines) is 1. The van der Waals surface area contributed by atoms with Crippen molar-refractivity contribution in [1.82, 2.24) is 24.8 Å². The molecule has 3 saturated heterocycles. The molecule has 3 unspecified atom stereocenters. The van der Waals surface area contributed by atoms with Crippen LogP contribution in [-0.2, 0) is 30.5 Å². The van der Waals surface area contributed by atoms with E-state index in [1.807, 2.05) is 74.5 Å². The molecular weight excluding hydrogens is 598 g/mol. The smallest absolute Gasteiger partial charge is 0.312 e. The molecule has 0 radical (unpaired) electrons. The van der Waals surface area contributed by atoms with Crippen molar-refractivity contribution in [3.63, 3.8) is 0 Å². The van der Waals surface area contributed by atoms with Crippen LogP contribution in [0.3, 0.4) is 0 Å². The third-order valence-corrected chi connectivity index (χ3v) is 10.4. The van der Waals surface area contributed by atoms with Crippen molar-refractivity contribution in [2.75, 3.05) is 19.8 Å². The molecule has 0 aliphatic carbocycles. The van der Waals surface area contributed by atoms with Gasteiger partial charge in [0.15, 0.2) is 0 Å². The maximum atomic E-state index is 15.0. The molecule has 6 rings (SSSR count). The fourth-order valence-corrected chi connectivity index (χ4v) is 8.06. The predicted molar refractivity (Wildman–Crippen MR) is 174 cm³/mol. The number of esters is 1. The molecule has 2 aromatic carbocycles. The van der Waals surface area contributed by atoms with Crippen molar-refractivity contribution < 1.29 is 29.0 Å². The van der Waals surface area contributed by atoms with Gasteiger partial charge < -0.3 is 24.4 Å². The molecule has 1 spiro atoms. The number of allylic oxidation sites excluding steroid dienone is 1. The highest BCUT2D eigenvalue weighted by Gasteiger charge is 2.81. The van der Waals surface area contributed by atoms with Crippen LogP contribution >= 0.6 is 0 Å². The summed E-state index contributed by atoms with van der Waals surface area (Å²) in [6.45, 7) is 11.5. The molecular formula is C36H43N5O6. The van der Waals surface area contributed by atoms with Crippen LogP contribution in [0.1, 0.15) is 51.1 Å². The second-order valence-corrected chi connectivity index (χ2v) is 13.1. The molecule has 3 aliphatic heterocycles. The van der Waals surface area contributed by atoms with E-state index in [0.717, 1.165) is 18.4 Å². The van der Waals surface area contributed by atoms with E-state index < -0.39 is 53.6 Å². The number of hydrogen-bond donors (Lipinski definition) is 1. The van der Waals surface area contributed by atoms with Gasteiger partial charge in [0, 0.05) is 6.54 Å². The zero-order valence-corrected chi connectivity index (χ0v) is 27.0. The van der Waals surface area contributed by atoms with Crippen LogP contribution in [0.2, 0.25) is 0 Å². The fourth-order valence-electron chi connectivity index (χ4n) is 8.06. The average molecular weight is 642 g/mol. The highest BCUT2D eigenvalue weighted by molar-refractivity contribution is 5.99. The number of aliphatic hydroxyl groups is 1. The number of carbonyl (C=O) groups is 3. The Morgan fingerprint density at radius 1 is 1.15 bits per heavy atom. The van der Waals surface area contributed by atoms with Crippen molar-refractivity contribution in [2.24, 2.45) is 17.8 Å². The van der Waals surface area contributed by atoms with Gasteiger partial charge in [0.1, 0.15) is 29.7 Å². The number of aromatic nitrogens is 3. The molecule has 7 atom stereocenters. The largest absolute Gasteiger partial charge is 0.465 e. The lowest BCUT2D eigenvalue weighted by Crippen LogP contribution is -2.57. The van der Waals surface area contributed by atoms with Crippen molar-refractivity contribution >= 4 is 28.8 Å². The summed E-state index contributed by atoms with van der Waals surface area (Å²) < 4.78 is 14.3. The first-order valence-corrected chi connectivity index (χ1v) is 16.4. The van der Waals surface area contributed by atoms with E-state index in [1.54, 1.807) is 15.7 Å². The molecule has 11 heteroatoms. The summed E-state index contributed by atoms with van der Waals surface area (Å²) in [5.74, 6) is -3.32. The monoisotopic (exact) mass is 641 g/mol. The number of hydrogen-bond acceptors (Lipinski definition) is 8. The molecule has 3 aliphatic rings. The molecule has 3 fully saturated rings. The van der Waals surface area contributed by atoms with Crippen LogP contribution in [-0.4, -0.2) is 84.7 Å². The molecule has 1 aromatic heterocycles. The number of benzene rings is 2. The van der Waals surface area contributed by atoms with Crippen LogP contribution in [0.5, 0.6) is 0 Å². The van der Waals surface area contributed by atoms with Gasteiger partial charge in [-0.05, 0) is 56.2 Å². The molecule has 0 saturated carbocycles. The summed E-state index contributed by atoms with van der Waals surface area (Å²) in [5, 5.41) is 19.4. The predicted octanol–water partition coefficient (Wildman–Crippen LogP) is 4.05. The summed E-state index contributed by atoms with van der Waals surface area (Å²) in [5.41, 5.74) is -0.233. The number of carbonyl (C=O) groups excluding carboxylic acids is 3. The van der Waals surface area contributed by atoms with Crippen LogP contribution in [0.4, 0.5) is 0 Å². The van der Waals surface area contributed by atoms with Gasteiger partial charge >= 0.3 is 5.97 Å². The number of fused-ring (bicyclic) bond motifs is 2. The van der Waals surface area contributed by atoms with E-state index in [2.05, 4.69) is 23.5 Å². The SMILES string of the molecule is C=CCCCCOC(=O)[C@H]1[C@H]2C(=O)N([C@H](CO)c3ccccc3)C(C(=O)N(CC=C)Cn3nnc4ccccc43)C23CC(C)[C@]1(C)O3. The molecule has 1 N–H and O–H groups in total. The van der Waals surface area contributed by atoms with E-state index in [0.29, 0.717) is 23.9 Å². The first-order chi connectivity index (χ1) is 22.7. The Hall–Kier alpha value is -4.35. The molecule has 3 aromatic rings. The van der Waals surface area contributed by atoms with Crippen molar-refractivity contribution in [2.45, 2.75) is 69.5 Å². The molecule has 2 amide bonds. The maximum absolute atomic E-state index is 15.0. The van der Waals surface area contributed by atoms with Gasteiger partial charge in [-0.2, -0.15) is 0 Å². The van der Waals surface area contributed by atoms with Crippen molar-refractivity contribution in [3.05, 3.63) is 85.5 Å². The molecule has 4 heterocycles. The van der Waals surface area contributed by atoms with E-state index in [4.69, 9.17) is 9.47 Å². The first-order valence-electron chi connectivity index (χ1n) is 16.4. The highest BCUT2D eigenvalue weighted by Crippen LogP contribution is 2.66. The Morgan fingerprint density at radius 3 is 2.62 bits per heavy atom. The number of unbranched alkanes of at least 4 members (excludes halogenated alkanes) is 2. The molecule has 47 heavy (non-hydrogen) atoms. The van der Waals surface area contributed by atoms with E-state index in [9.17, 15) is 14.7 Å². The summed E-state index contributed by atoms with van der Waals surface area (Å²) in [6.07, 6.45) is 6.15. The summed E-state index contributed by atoms with van der Waals surface area (Å²) in [7, 11) is 0. The summed E-state index contributed by atoms with van der Waals surface area (Å²) >= 11 is 0. The Balaban J connectivity index is 1.42. The van der Waals surface area contributed by atoms with Crippen LogP contribution < -0.4 is 0 Å². The average Bonchev–Trinajstić information content (AvgIpc) is 3.75. The Labute approximate surface area is 274 Å². The Bertz CT molecular complexity index is 1660. The number of ether oxygens (including phenoxy) is 2. The van der Waals surface area contributed by atoms with E-state index in [-0.39, 0.29) is 31.6 Å². The van der Waals surface area contributed by atoms with Crippen molar-refractivity contribution in [1.29, 1.82) is 0 Å². The highest BCUT2D eigenvalue weighted by atomic mass is 16.6. The van der Waals surface area contributed by atoms with Gasteiger partial charge in [-0.1, -0.05) is 66.8 Å².